The lowest BCUT2D eigenvalue weighted by Crippen LogP contribution is -2.38. The lowest BCUT2D eigenvalue weighted by atomic mass is 10.1. The van der Waals surface area contributed by atoms with Crippen molar-refractivity contribution in [2.24, 2.45) is 0 Å². The van der Waals surface area contributed by atoms with E-state index in [-0.39, 0.29) is 10.6 Å². The average Bonchev–Trinajstić information content (AvgIpc) is 2.68. The second-order valence-corrected chi connectivity index (χ2v) is 9.62. The predicted octanol–water partition coefficient (Wildman–Crippen LogP) is 5.04. The van der Waals surface area contributed by atoms with E-state index in [0.717, 1.165) is 15.4 Å². The molecule has 0 unspecified atom stereocenters. The Labute approximate surface area is 183 Å². The molecule has 0 saturated carbocycles. The zero-order valence-electron chi connectivity index (χ0n) is 16.4. The number of sulfonamides is 1. The van der Waals surface area contributed by atoms with E-state index in [2.05, 4.69) is 21.2 Å². The van der Waals surface area contributed by atoms with Crippen molar-refractivity contribution in [2.75, 3.05) is 16.2 Å². The second kappa shape index (κ2) is 8.97. The monoisotopic (exact) mass is 490 g/mol. The molecule has 0 atom stereocenters. The van der Waals surface area contributed by atoms with Gasteiger partial charge in [-0.15, -0.1) is 0 Å². The summed E-state index contributed by atoms with van der Waals surface area (Å²) in [4.78, 5) is 12.7. The van der Waals surface area contributed by atoms with Crippen LogP contribution < -0.4 is 9.62 Å². The Morgan fingerprint density at radius 2 is 1.63 bits per heavy atom. The highest BCUT2D eigenvalue weighted by Gasteiger charge is 2.27. The molecular formula is C22H20BrFN2O3S. The first kappa shape index (κ1) is 22.0. The number of halogens is 2. The third kappa shape index (κ3) is 5.06. The van der Waals surface area contributed by atoms with Crippen LogP contribution in [0, 0.1) is 19.7 Å². The third-order valence-electron chi connectivity index (χ3n) is 4.32. The molecule has 156 valence electrons. The first-order valence-corrected chi connectivity index (χ1v) is 11.3. The number of nitrogens with one attached hydrogen (secondary N) is 1. The molecule has 1 amide bonds. The zero-order chi connectivity index (χ0) is 21.9. The van der Waals surface area contributed by atoms with Crippen molar-refractivity contribution in [3.05, 3.63) is 88.1 Å². The summed E-state index contributed by atoms with van der Waals surface area (Å²) >= 11 is 3.16. The molecule has 3 aromatic carbocycles. The average molecular weight is 491 g/mol. The fourth-order valence-electron chi connectivity index (χ4n) is 3.04. The van der Waals surface area contributed by atoms with E-state index in [9.17, 15) is 17.6 Å². The summed E-state index contributed by atoms with van der Waals surface area (Å²) in [5, 5.41) is 2.45. The molecule has 0 aromatic heterocycles. The molecule has 3 rings (SSSR count). The van der Waals surface area contributed by atoms with E-state index in [0.29, 0.717) is 10.2 Å². The second-order valence-electron chi connectivity index (χ2n) is 6.84. The van der Waals surface area contributed by atoms with Crippen LogP contribution in [-0.2, 0) is 14.8 Å². The molecule has 0 aliphatic heterocycles. The molecule has 0 aliphatic rings. The number of hydrogen-bond acceptors (Lipinski definition) is 3. The van der Waals surface area contributed by atoms with Crippen molar-refractivity contribution in [3.8, 4) is 0 Å². The smallest absolute Gasteiger partial charge is 0.264 e. The zero-order valence-corrected chi connectivity index (χ0v) is 18.8. The van der Waals surface area contributed by atoms with Gasteiger partial charge in [0.15, 0.2) is 0 Å². The van der Waals surface area contributed by atoms with Crippen LogP contribution in [0.15, 0.2) is 76.1 Å². The summed E-state index contributed by atoms with van der Waals surface area (Å²) in [6, 6.07) is 17.4. The highest BCUT2D eigenvalue weighted by Crippen LogP contribution is 2.26. The minimum absolute atomic E-state index is 0.0271. The predicted molar refractivity (Wildman–Crippen MR) is 120 cm³/mol. The third-order valence-corrected chi connectivity index (χ3v) is 6.60. The van der Waals surface area contributed by atoms with Gasteiger partial charge in [0.05, 0.1) is 16.3 Å². The van der Waals surface area contributed by atoms with E-state index in [1.807, 2.05) is 19.9 Å². The van der Waals surface area contributed by atoms with Crippen LogP contribution >= 0.6 is 15.9 Å². The van der Waals surface area contributed by atoms with Crippen LogP contribution in [0.2, 0.25) is 0 Å². The summed E-state index contributed by atoms with van der Waals surface area (Å²) < 4.78 is 42.3. The largest absolute Gasteiger partial charge is 0.322 e. The van der Waals surface area contributed by atoms with Crippen LogP contribution in [0.4, 0.5) is 15.8 Å². The van der Waals surface area contributed by atoms with Crippen LogP contribution in [0.1, 0.15) is 11.1 Å². The minimum Gasteiger partial charge on any atom is -0.322 e. The van der Waals surface area contributed by atoms with Gasteiger partial charge in [-0.2, -0.15) is 0 Å². The maximum absolute atomic E-state index is 14.1. The molecule has 3 aromatic rings. The highest BCUT2D eigenvalue weighted by atomic mass is 79.9. The van der Waals surface area contributed by atoms with E-state index in [1.54, 1.807) is 36.4 Å². The van der Waals surface area contributed by atoms with Crippen molar-refractivity contribution in [1.29, 1.82) is 0 Å². The van der Waals surface area contributed by atoms with Gasteiger partial charge in [0, 0.05) is 4.47 Å². The highest BCUT2D eigenvalue weighted by molar-refractivity contribution is 9.10. The number of nitrogens with zero attached hydrogens (tertiary/aromatic N) is 1. The Kier molecular flexibility index (Phi) is 6.58. The summed E-state index contributed by atoms with van der Waals surface area (Å²) in [6.45, 7) is 3.19. The summed E-state index contributed by atoms with van der Waals surface area (Å²) in [5.41, 5.74) is 2.05. The van der Waals surface area contributed by atoms with Gasteiger partial charge in [0.25, 0.3) is 10.0 Å². The number of carbonyl (C=O) groups excluding carboxylic acids is 1. The maximum atomic E-state index is 14.1. The molecule has 0 fully saturated rings. The van der Waals surface area contributed by atoms with Gasteiger partial charge in [0.1, 0.15) is 12.4 Å². The van der Waals surface area contributed by atoms with Gasteiger partial charge in [-0.1, -0.05) is 40.2 Å². The molecule has 0 spiro atoms. The number of amides is 1. The maximum Gasteiger partial charge on any atom is 0.264 e. The molecule has 5 nitrogen and oxygen atoms in total. The Hall–Kier alpha value is -2.71. The molecule has 0 bridgehead atoms. The van der Waals surface area contributed by atoms with Crippen molar-refractivity contribution in [2.45, 2.75) is 18.7 Å². The molecule has 0 radical (unpaired) electrons. The number of benzene rings is 3. The normalized spacial score (nSPS) is 11.2. The standard InChI is InChI=1S/C22H20BrFN2O3S/c1-15-10-16(2)12-18(11-15)26(30(28,29)19-6-4-3-5-7-19)14-22(27)25-21-9-8-17(23)13-20(21)24/h3-13H,14H2,1-2H3,(H,25,27). The molecule has 8 heteroatoms. The van der Waals surface area contributed by atoms with Crippen molar-refractivity contribution in [3.63, 3.8) is 0 Å². The van der Waals surface area contributed by atoms with Gasteiger partial charge >= 0.3 is 0 Å². The molecule has 0 aliphatic carbocycles. The lowest BCUT2D eigenvalue weighted by Gasteiger charge is -2.25. The van der Waals surface area contributed by atoms with Crippen molar-refractivity contribution < 1.29 is 17.6 Å². The van der Waals surface area contributed by atoms with Gasteiger partial charge < -0.3 is 5.32 Å². The number of carbonyl (C=O) groups is 1. The van der Waals surface area contributed by atoms with Crippen LogP contribution in [0.3, 0.4) is 0 Å². The Balaban J connectivity index is 1.98. The summed E-state index contributed by atoms with van der Waals surface area (Å²) in [6.07, 6.45) is 0. The van der Waals surface area contributed by atoms with Crippen LogP contribution in [0.25, 0.3) is 0 Å². The van der Waals surface area contributed by atoms with Gasteiger partial charge in [-0.25, -0.2) is 12.8 Å². The Morgan fingerprint density at radius 1 is 1.00 bits per heavy atom. The number of aryl methyl sites for hydroxylation is 2. The van der Waals surface area contributed by atoms with Crippen molar-refractivity contribution >= 4 is 43.2 Å². The first-order valence-electron chi connectivity index (χ1n) is 9.08. The summed E-state index contributed by atoms with van der Waals surface area (Å²) in [5.74, 6) is -1.28. The van der Waals surface area contributed by atoms with E-state index >= 15 is 0 Å². The van der Waals surface area contributed by atoms with Crippen molar-refractivity contribution in [1.82, 2.24) is 0 Å². The molecule has 0 saturated heterocycles. The number of rotatable bonds is 6. The van der Waals surface area contributed by atoms with E-state index in [4.69, 9.17) is 0 Å². The molecule has 30 heavy (non-hydrogen) atoms. The number of hydrogen-bond donors (Lipinski definition) is 1. The van der Waals surface area contributed by atoms with Gasteiger partial charge in [-0.3, -0.25) is 9.10 Å². The lowest BCUT2D eigenvalue weighted by molar-refractivity contribution is -0.114. The quantitative estimate of drug-likeness (QED) is 0.526. The fourth-order valence-corrected chi connectivity index (χ4v) is 4.80. The molecule has 1 N–H and O–H groups in total. The summed E-state index contributed by atoms with van der Waals surface area (Å²) in [7, 11) is -4.02. The van der Waals surface area contributed by atoms with Crippen LogP contribution in [0.5, 0.6) is 0 Å². The Bertz CT molecular complexity index is 1160. The van der Waals surface area contributed by atoms with E-state index < -0.39 is 28.3 Å². The van der Waals surface area contributed by atoms with Gasteiger partial charge in [-0.05, 0) is 67.4 Å². The SMILES string of the molecule is Cc1cc(C)cc(N(CC(=O)Nc2ccc(Br)cc2F)S(=O)(=O)c2ccccc2)c1. The number of anilines is 2. The first-order chi connectivity index (χ1) is 14.2. The molecular weight excluding hydrogens is 471 g/mol. The van der Waals surface area contributed by atoms with E-state index in [1.165, 1.54) is 24.3 Å². The fraction of sp³-hybridized carbons (Fsp3) is 0.136. The molecule has 0 heterocycles. The van der Waals surface area contributed by atoms with Gasteiger partial charge in [0.2, 0.25) is 5.91 Å². The Morgan fingerprint density at radius 3 is 2.23 bits per heavy atom. The minimum atomic E-state index is -4.02. The van der Waals surface area contributed by atoms with Crippen LogP contribution in [-0.4, -0.2) is 20.9 Å². The topological polar surface area (TPSA) is 66.5 Å².